The lowest BCUT2D eigenvalue weighted by Gasteiger charge is -2.27. The van der Waals surface area contributed by atoms with Gasteiger partial charge in [0.15, 0.2) is 6.29 Å². The first-order valence-corrected chi connectivity index (χ1v) is 10.4. The van der Waals surface area contributed by atoms with Crippen molar-refractivity contribution in [3.63, 3.8) is 0 Å². The number of carbonyl (C=O) groups excluding carboxylic acids is 1. The molecule has 1 aliphatic rings. The third-order valence-corrected chi connectivity index (χ3v) is 5.54. The summed E-state index contributed by atoms with van der Waals surface area (Å²) in [7, 11) is 1.74. The molecule has 0 radical (unpaired) electrons. The number of para-hydroxylation sites is 1. The molecule has 1 aromatic heterocycles. The van der Waals surface area contributed by atoms with Gasteiger partial charge in [-0.25, -0.2) is 0 Å². The average Bonchev–Trinajstić information content (AvgIpc) is 3.08. The summed E-state index contributed by atoms with van der Waals surface area (Å²) in [6.45, 7) is 2.67. The minimum absolute atomic E-state index is 0.183. The van der Waals surface area contributed by atoms with Gasteiger partial charge < -0.3 is 10.2 Å². The van der Waals surface area contributed by atoms with Crippen LogP contribution in [0.5, 0.6) is 0 Å². The molecule has 9 heteroatoms. The van der Waals surface area contributed by atoms with Crippen LogP contribution in [0.4, 0.5) is 30.2 Å². The fourth-order valence-corrected chi connectivity index (χ4v) is 3.89. The third kappa shape index (κ3) is 4.47. The van der Waals surface area contributed by atoms with Crippen molar-refractivity contribution < 1.29 is 18.0 Å². The van der Waals surface area contributed by atoms with E-state index in [2.05, 4.69) is 15.7 Å². The molecule has 0 bridgehead atoms. The van der Waals surface area contributed by atoms with E-state index < -0.39 is 11.7 Å². The number of aldehydes is 1. The Labute approximate surface area is 184 Å². The first-order valence-electron chi connectivity index (χ1n) is 10.4. The molecule has 1 fully saturated rings. The fraction of sp³-hybridized carbons (Fsp3) is 0.304. The highest BCUT2D eigenvalue weighted by molar-refractivity contribution is 6.05. The largest absolute Gasteiger partial charge is 0.416 e. The van der Waals surface area contributed by atoms with E-state index in [1.807, 2.05) is 35.2 Å². The minimum Gasteiger partial charge on any atom is -0.368 e. The molecule has 2 aromatic carbocycles. The molecule has 32 heavy (non-hydrogen) atoms. The molecular weight excluding hydrogens is 419 g/mol. The normalized spacial score (nSPS) is 14.8. The van der Waals surface area contributed by atoms with E-state index in [1.165, 1.54) is 6.20 Å². The lowest BCUT2D eigenvalue weighted by molar-refractivity contribution is -0.137. The van der Waals surface area contributed by atoms with Crippen LogP contribution in [0.1, 0.15) is 22.3 Å². The zero-order valence-electron chi connectivity index (χ0n) is 17.6. The molecule has 0 saturated carbocycles. The molecule has 1 saturated heterocycles. The summed E-state index contributed by atoms with van der Waals surface area (Å²) in [5, 5.41) is 5.18. The van der Waals surface area contributed by atoms with Gasteiger partial charge in [-0.1, -0.05) is 18.2 Å². The van der Waals surface area contributed by atoms with E-state index in [9.17, 15) is 18.0 Å². The number of halogens is 3. The van der Waals surface area contributed by atoms with Crippen molar-refractivity contribution in [2.75, 3.05) is 48.6 Å². The van der Waals surface area contributed by atoms with Gasteiger partial charge in [-0.15, -0.1) is 0 Å². The molecule has 4 rings (SSSR count). The number of nitrogens with one attached hydrogen (secondary N) is 2. The Balaban J connectivity index is 1.90. The summed E-state index contributed by atoms with van der Waals surface area (Å²) in [5.41, 5.74) is 4.44. The van der Waals surface area contributed by atoms with Crippen molar-refractivity contribution >= 4 is 34.3 Å². The van der Waals surface area contributed by atoms with Crippen LogP contribution >= 0.6 is 0 Å². The Morgan fingerprint density at radius 1 is 1.16 bits per heavy atom. The number of fused-ring (bicyclic) bond motifs is 1. The Morgan fingerprint density at radius 2 is 1.94 bits per heavy atom. The predicted octanol–water partition coefficient (Wildman–Crippen LogP) is 4.33. The SMILES string of the molecule is CN(Nc1c(C=O)cnc2c(N3CCCNCC3)cc(C(F)(F)F)cc12)c1ccccc1. The van der Waals surface area contributed by atoms with Crippen molar-refractivity contribution in [1.82, 2.24) is 10.3 Å². The maximum absolute atomic E-state index is 13.8. The number of hydrogen-bond donors (Lipinski definition) is 2. The summed E-state index contributed by atoms with van der Waals surface area (Å²) < 4.78 is 41.5. The Morgan fingerprint density at radius 3 is 2.66 bits per heavy atom. The van der Waals surface area contributed by atoms with Crippen LogP contribution < -0.4 is 20.7 Å². The zero-order chi connectivity index (χ0) is 22.7. The maximum atomic E-state index is 13.8. The average molecular weight is 443 g/mol. The van der Waals surface area contributed by atoms with Crippen LogP contribution in [0.2, 0.25) is 0 Å². The third-order valence-electron chi connectivity index (χ3n) is 5.54. The number of nitrogens with zero attached hydrogens (tertiary/aromatic N) is 3. The Bertz CT molecular complexity index is 1100. The van der Waals surface area contributed by atoms with Crippen LogP contribution in [-0.4, -0.2) is 44.5 Å². The number of pyridine rings is 1. The standard InChI is InChI=1S/C23H24F3N5O/c1-30(18-6-3-2-4-7-18)29-21-16(15-32)14-28-22-19(21)12-17(23(24,25)26)13-20(22)31-10-5-8-27-9-11-31/h2-4,6-7,12-15,27H,5,8-11H2,1H3,(H,28,29). The smallest absolute Gasteiger partial charge is 0.368 e. The van der Waals surface area contributed by atoms with Gasteiger partial charge in [-0.3, -0.25) is 20.2 Å². The van der Waals surface area contributed by atoms with Gasteiger partial charge in [0.05, 0.1) is 33.7 Å². The first-order chi connectivity index (χ1) is 15.4. The highest BCUT2D eigenvalue weighted by Crippen LogP contribution is 2.39. The molecule has 2 N–H and O–H groups in total. The van der Waals surface area contributed by atoms with Gasteiger partial charge in [-0.2, -0.15) is 13.2 Å². The van der Waals surface area contributed by atoms with Gasteiger partial charge in [0.2, 0.25) is 0 Å². The van der Waals surface area contributed by atoms with Crippen LogP contribution in [0.25, 0.3) is 10.9 Å². The van der Waals surface area contributed by atoms with Crippen molar-refractivity contribution in [2.24, 2.45) is 0 Å². The van der Waals surface area contributed by atoms with Crippen molar-refractivity contribution in [2.45, 2.75) is 12.6 Å². The van der Waals surface area contributed by atoms with E-state index in [0.717, 1.165) is 30.8 Å². The summed E-state index contributed by atoms with van der Waals surface area (Å²) >= 11 is 0. The van der Waals surface area contributed by atoms with Gasteiger partial charge in [0.1, 0.15) is 0 Å². The van der Waals surface area contributed by atoms with Gasteiger partial charge in [-0.05, 0) is 37.2 Å². The molecule has 1 aliphatic heterocycles. The van der Waals surface area contributed by atoms with E-state index in [0.29, 0.717) is 37.1 Å². The number of alkyl halides is 3. The first kappa shape index (κ1) is 21.9. The van der Waals surface area contributed by atoms with Crippen molar-refractivity contribution in [3.8, 4) is 0 Å². The number of anilines is 3. The molecule has 6 nitrogen and oxygen atoms in total. The maximum Gasteiger partial charge on any atom is 0.416 e. The number of aromatic nitrogens is 1. The van der Waals surface area contributed by atoms with Crippen LogP contribution in [0.3, 0.4) is 0 Å². The van der Waals surface area contributed by atoms with Crippen LogP contribution in [0.15, 0.2) is 48.7 Å². The van der Waals surface area contributed by atoms with E-state index in [-0.39, 0.29) is 16.6 Å². The van der Waals surface area contributed by atoms with Crippen LogP contribution in [0, 0.1) is 0 Å². The summed E-state index contributed by atoms with van der Waals surface area (Å²) in [6.07, 6.45) is -1.72. The van der Waals surface area contributed by atoms with Gasteiger partial charge in [0.25, 0.3) is 0 Å². The number of benzene rings is 2. The van der Waals surface area contributed by atoms with Crippen molar-refractivity contribution in [1.29, 1.82) is 0 Å². The molecule has 0 amide bonds. The topological polar surface area (TPSA) is 60.5 Å². The lowest BCUT2D eigenvalue weighted by Crippen LogP contribution is -2.29. The second-order valence-corrected chi connectivity index (χ2v) is 7.69. The Kier molecular flexibility index (Phi) is 6.18. The second-order valence-electron chi connectivity index (χ2n) is 7.69. The highest BCUT2D eigenvalue weighted by Gasteiger charge is 2.33. The zero-order valence-corrected chi connectivity index (χ0v) is 17.6. The summed E-state index contributed by atoms with van der Waals surface area (Å²) in [4.78, 5) is 18.1. The number of carbonyl (C=O) groups is 1. The molecular formula is C23H24F3N5O. The van der Waals surface area contributed by atoms with Gasteiger partial charge in [0, 0.05) is 38.3 Å². The highest BCUT2D eigenvalue weighted by atomic mass is 19.4. The fourth-order valence-electron chi connectivity index (χ4n) is 3.89. The summed E-state index contributed by atoms with van der Waals surface area (Å²) in [6, 6.07) is 11.5. The van der Waals surface area contributed by atoms with Gasteiger partial charge >= 0.3 is 6.18 Å². The monoisotopic (exact) mass is 443 g/mol. The molecule has 3 aromatic rings. The Hall–Kier alpha value is -3.33. The second kappa shape index (κ2) is 9.04. The molecule has 0 atom stereocenters. The molecule has 0 unspecified atom stereocenters. The molecule has 0 spiro atoms. The quantitative estimate of drug-likeness (QED) is 0.452. The lowest BCUT2D eigenvalue weighted by atomic mass is 10.0. The molecule has 168 valence electrons. The van der Waals surface area contributed by atoms with E-state index >= 15 is 0 Å². The van der Waals surface area contributed by atoms with Crippen LogP contribution in [-0.2, 0) is 6.18 Å². The minimum atomic E-state index is -4.53. The van der Waals surface area contributed by atoms with E-state index in [4.69, 9.17) is 0 Å². The predicted molar refractivity (Wildman–Crippen MR) is 120 cm³/mol. The number of hydrogen-bond acceptors (Lipinski definition) is 6. The van der Waals surface area contributed by atoms with E-state index in [1.54, 1.807) is 12.1 Å². The number of hydrazine groups is 1. The molecule has 2 heterocycles. The van der Waals surface area contributed by atoms with Crippen molar-refractivity contribution in [3.05, 3.63) is 59.8 Å². The molecule has 0 aliphatic carbocycles. The number of rotatable bonds is 5. The summed E-state index contributed by atoms with van der Waals surface area (Å²) in [5.74, 6) is 0.